The highest BCUT2D eigenvalue weighted by atomic mass is 16.3. The summed E-state index contributed by atoms with van der Waals surface area (Å²) in [7, 11) is 0. The quantitative estimate of drug-likeness (QED) is 0.832. The first-order valence-corrected chi connectivity index (χ1v) is 8.31. The number of amides is 2. The number of carbonyl (C=O) groups is 2. The van der Waals surface area contributed by atoms with Gasteiger partial charge in [-0.1, -0.05) is 37.3 Å². The Hall–Kier alpha value is -1.88. The zero-order chi connectivity index (χ0) is 16.8. The molecule has 2 amide bonds. The predicted molar refractivity (Wildman–Crippen MR) is 88.7 cm³/mol. The smallest absolute Gasteiger partial charge is 0.225 e. The highest BCUT2D eigenvalue weighted by Gasteiger charge is 2.31. The lowest BCUT2D eigenvalue weighted by Gasteiger charge is -2.22. The molecule has 1 heterocycles. The maximum Gasteiger partial charge on any atom is 0.225 e. The Morgan fingerprint density at radius 3 is 2.70 bits per heavy atom. The van der Waals surface area contributed by atoms with Crippen LogP contribution >= 0.6 is 0 Å². The topological polar surface area (TPSA) is 69.6 Å². The van der Waals surface area contributed by atoms with Gasteiger partial charge < -0.3 is 15.3 Å². The van der Waals surface area contributed by atoms with Crippen LogP contribution < -0.4 is 5.32 Å². The molecular weight excluding hydrogens is 292 g/mol. The Balaban J connectivity index is 1.81. The number of hydrogen-bond acceptors (Lipinski definition) is 3. The van der Waals surface area contributed by atoms with Gasteiger partial charge in [-0.3, -0.25) is 9.59 Å². The number of likely N-dealkylation sites (tertiary alicyclic amines) is 1. The zero-order valence-corrected chi connectivity index (χ0v) is 13.9. The molecule has 0 aromatic heterocycles. The van der Waals surface area contributed by atoms with Crippen LogP contribution in [0.5, 0.6) is 0 Å². The second kappa shape index (κ2) is 8.11. The third-order valence-electron chi connectivity index (χ3n) is 4.45. The van der Waals surface area contributed by atoms with E-state index in [4.69, 9.17) is 0 Å². The first kappa shape index (κ1) is 17.5. The van der Waals surface area contributed by atoms with E-state index in [9.17, 15) is 14.7 Å². The zero-order valence-electron chi connectivity index (χ0n) is 13.9. The van der Waals surface area contributed by atoms with Gasteiger partial charge in [0.05, 0.1) is 18.1 Å². The van der Waals surface area contributed by atoms with Gasteiger partial charge in [0.1, 0.15) is 0 Å². The molecule has 0 spiro atoms. The number of benzene rings is 1. The largest absolute Gasteiger partial charge is 0.391 e. The van der Waals surface area contributed by atoms with Gasteiger partial charge in [0.2, 0.25) is 11.8 Å². The monoisotopic (exact) mass is 318 g/mol. The lowest BCUT2D eigenvalue weighted by Crippen LogP contribution is -2.45. The van der Waals surface area contributed by atoms with E-state index < -0.39 is 6.10 Å². The summed E-state index contributed by atoms with van der Waals surface area (Å²) in [5.74, 6) is -0.148. The number of hydrogen-bond donors (Lipinski definition) is 2. The Morgan fingerprint density at radius 1 is 1.35 bits per heavy atom. The summed E-state index contributed by atoms with van der Waals surface area (Å²) < 4.78 is 0. The van der Waals surface area contributed by atoms with E-state index in [2.05, 4.69) is 5.32 Å². The minimum atomic E-state index is -0.629. The summed E-state index contributed by atoms with van der Waals surface area (Å²) >= 11 is 0. The maximum absolute atomic E-state index is 12.3. The highest BCUT2D eigenvalue weighted by Crippen LogP contribution is 2.17. The van der Waals surface area contributed by atoms with Gasteiger partial charge in [0, 0.05) is 25.9 Å². The lowest BCUT2D eigenvalue weighted by atomic mass is 10.0. The highest BCUT2D eigenvalue weighted by molar-refractivity contribution is 5.82. The molecule has 0 bridgehead atoms. The van der Waals surface area contributed by atoms with Gasteiger partial charge in [-0.2, -0.15) is 0 Å². The van der Waals surface area contributed by atoms with Crippen LogP contribution in [0.3, 0.4) is 0 Å². The van der Waals surface area contributed by atoms with Crippen LogP contribution in [0, 0.1) is 5.92 Å². The molecule has 23 heavy (non-hydrogen) atoms. The molecular formula is C18H26N2O3. The third kappa shape index (κ3) is 4.79. The Bertz CT molecular complexity index is 532. The number of carbonyl (C=O) groups excluding carboxylic acids is 2. The van der Waals surface area contributed by atoms with Crippen molar-refractivity contribution in [1.29, 1.82) is 0 Å². The maximum atomic E-state index is 12.3. The fourth-order valence-electron chi connectivity index (χ4n) is 2.90. The molecule has 3 unspecified atom stereocenters. The number of aliphatic hydroxyl groups is 1. The first-order valence-electron chi connectivity index (χ1n) is 8.31. The van der Waals surface area contributed by atoms with Gasteiger partial charge in [-0.05, 0) is 18.9 Å². The molecule has 3 atom stereocenters. The second-order valence-electron chi connectivity index (χ2n) is 6.23. The van der Waals surface area contributed by atoms with Crippen molar-refractivity contribution in [2.24, 2.45) is 5.92 Å². The normalized spacial score (nSPS) is 20.1. The number of rotatable bonds is 6. The SMILES string of the molecule is CCC(=O)N1CCC(C(=O)NC(C)C(O)Cc2ccccc2)C1. The van der Waals surface area contributed by atoms with E-state index in [1.807, 2.05) is 44.2 Å². The minimum absolute atomic E-state index is 0.0731. The van der Waals surface area contributed by atoms with Crippen molar-refractivity contribution in [2.75, 3.05) is 13.1 Å². The Kier molecular flexibility index (Phi) is 6.16. The molecule has 0 saturated carbocycles. The van der Waals surface area contributed by atoms with Crippen LogP contribution in [0.25, 0.3) is 0 Å². The van der Waals surface area contributed by atoms with Gasteiger partial charge in [-0.25, -0.2) is 0 Å². The van der Waals surface area contributed by atoms with Gasteiger partial charge in [0.25, 0.3) is 0 Å². The number of nitrogens with zero attached hydrogens (tertiary/aromatic N) is 1. The molecule has 0 radical (unpaired) electrons. The standard InChI is InChI=1S/C18H26N2O3/c1-3-17(22)20-10-9-15(12-20)18(23)19-13(2)16(21)11-14-7-5-4-6-8-14/h4-8,13,15-16,21H,3,9-12H2,1-2H3,(H,19,23). The number of aliphatic hydroxyl groups excluding tert-OH is 1. The van der Waals surface area contributed by atoms with E-state index in [1.165, 1.54) is 0 Å². The molecule has 2 rings (SSSR count). The summed E-state index contributed by atoms with van der Waals surface area (Å²) in [5, 5.41) is 13.2. The molecule has 5 heteroatoms. The fourth-order valence-corrected chi connectivity index (χ4v) is 2.90. The van der Waals surface area contributed by atoms with Crippen LogP contribution in [0.2, 0.25) is 0 Å². The summed E-state index contributed by atoms with van der Waals surface area (Å²) in [6, 6.07) is 9.40. The fraction of sp³-hybridized carbons (Fsp3) is 0.556. The van der Waals surface area contributed by atoms with E-state index in [-0.39, 0.29) is 23.8 Å². The molecule has 1 saturated heterocycles. The molecule has 2 N–H and O–H groups in total. The van der Waals surface area contributed by atoms with Crippen molar-refractivity contribution in [3.8, 4) is 0 Å². The molecule has 1 fully saturated rings. The predicted octanol–water partition coefficient (Wildman–Crippen LogP) is 1.35. The third-order valence-corrected chi connectivity index (χ3v) is 4.45. The van der Waals surface area contributed by atoms with Crippen LogP contribution in [-0.4, -0.2) is 47.1 Å². The molecule has 1 aliphatic rings. The first-order chi connectivity index (χ1) is 11.0. The van der Waals surface area contributed by atoms with Gasteiger partial charge in [0.15, 0.2) is 0 Å². The Morgan fingerprint density at radius 2 is 2.04 bits per heavy atom. The average Bonchev–Trinajstić information content (AvgIpc) is 3.05. The summed E-state index contributed by atoms with van der Waals surface area (Å²) in [6.07, 6.45) is 1.05. The minimum Gasteiger partial charge on any atom is -0.391 e. The van der Waals surface area contributed by atoms with E-state index in [0.717, 1.165) is 5.56 Å². The average molecular weight is 318 g/mol. The van der Waals surface area contributed by atoms with E-state index in [0.29, 0.717) is 32.4 Å². The van der Waals surface area contributed by atoms with Crippen LogP contribution in [0.1, 0.15) is 32.3 Å². The molecule has 1 aromatic carbocycles. The summed E-state index contributed by atoms with van der Waals surface area (Å²) in [6.45, 7) is 4.78. The van der Waals surface area contributed by atoms with E-state index in [1.54, 1.807) is 4.90 Å². The summed E-state index contributed by atoms with van der Waals surface area (Å²) in [4.78, 5) is 25.7. The van der Waals surface area contributed by atoms with Crippen molar-refractivity contribution in [1.82, 2.24) is 10.2 Å². The van der Waals surface area contributed by atoms with Crippen LogP contribution in [-0.2, 0) is 16.0 Å². The molecule has 5 nitrogen and oxygen atoms in total. The molecule has 1 aromatic rings. The molecule has 126 valence electrons. The van der Waals surface area contributed by atoms with Crippen molar-refractivity contribution in [3.63, 3.8) is 0 Å². The van der Waals surface area contributed by atoms with Crippen molar-refractivity contribution in [3.05, 3.63) is 35.9 Å². The molecule has 0 aliphatic carbocycles. The van der Waals surface area contributed by atoms with Crippen LogP contribution in [0.15, 0.2) is 30.3 Å². The van der Waals surface area contributed by atoms with Crippen LogP contribution in [0.4, 0.5) is 0 Å². The summed E-state index contributed by atoms with van der Waals surface area (Å²) in [5.41, 5.74) is 1.04. The van der Waals surface area contributed by atoms with Gasteiger partial charge >= 0.3 is 0 Å². The molecule has 1 aliphatic heterocycles. The second-order valence-corrected chi connectivity index (χ2v) is 6.23. The van der Waals surface area contributed by atoms with Crippen molar-refractivity contribution in [2.45, 2.75) is 45.3 Å². The van der Waals surface area contributed by atoms with E-state index >= 15 is 0 Å². The lowest BCUT2D eigenvalue weighted by molar-refractivity contribution is -0.130. The van der Waals surface area contributed by atoms with Crippen molar-refractivity contribution < 1.29 is 14.7 Å². The number of nitrogens with one attached hydrogen (secondary N) is 1. The van der Waals surface area contributed by atoms with Crippen molar-refractivity contribution >= 4 is 11.8 Å². The Labute approximate surface area is 137 Å². The van der Waals surface area contributed by atoms with Gasteiger partial charge in [-0.15, -0.1) is 0 Å².